The molecular formula is C14H12N2O2. The number of ketones is 1. The number of Topliss-reactive ketones (excluding diaryl/α,β-unsaturated/α-hetero) is 1. The molecule has 1 aromatic heterocycles. The van der Waals surface area contributed by atoms with E-state index in [1.165, 1.54) is 12.4 Å². The second-order valence-corrected chi connectivity index (χ2v) is 3.71. The molecule has 2 rings (SSSR count). The van der Waals surface area contributed by atoms with Gasteiger partial charge < -0.3 is 5.32 Å². The number of nitrogens with one attached hydrogen (secondary N) is 1. The molecular weight excluding hydrogens is 228 g/mol. The molecule has 90 valence electrons. The Bertz CT molecular complexity index is 487. The highest BCUT2D eigenvalue weighted by atomic mass is 16.2. The highest BCUT2D eigenvalue weighted by Gasteiger charge is 2.08. The van der Waals surface area contributed by atoms with Crippen LogP contribution in [0.1, 0.15) is 20.7 Å². The zero-order valence-electron chi connectivity index (χ0n) is 9.67. The predicted molar refractivity (Wildman–Crippen MR) is 67.3 cm³/mol. The van der Waals surface area contributed by atoms with Crippen molar-refractivity contribution in [3.05, 3.63) is 66.0 Å². The number of carbonyl (C=O) groups is 2. The first kappa shape index (κ1) is 12.0. The molecule has 1 aromatic carbocycles. The Morgan fingerprint density at radius 3 is 2.28 bits per heavy atom. The predicted octanol–water partition coefficient (Wildman–Crippen LogP) is 1.69. The summed E-state index contributed by atoms with van der Waals surface area (Å²) in [6.07, 6.45) is 3.07. The minimum atomic E-state index is -0.276. The van der Waals surface area contributed by atoms with Crippen LogP contribution in [0.25, 0.3) is 0 Å². The van der Waals surface area contributed by atoms with Gasteiger partial charge in [0.15, 0.2) is 5.78 Å². The van der Waals surface area contributed by atoms with E-state index in [1.807, 2.05) is 6.07 Å². The first-order valence-electron chi connectivity index (χ1n) is 5.54. The van der Waals surface area contributed by atoms with Crippen molar-refractivity contribution in [3.63, 3.8) is 0 Å². The Hall–Kier alpha value is -2.49. The minimum Gasteiger partial charge on any atom is -0.345 e. The van der Waals surface area contributed by atoms with E-state index in [2.05, 4.69) is 10.3 Å². The van der Waals surface area contributed by atoms with E-state index in [-0.39, 0.29) is 18.2 Å². The first-order valence-corrected chi connectivity index (χ1v) is 5.54. The molecule has 0 atom stereocenters. The van der Waals surface area contributed by atoms with Gasteiger partial charge in [0.25, 0.3) is 5.91 Å². The lowest BCUT2D eigenvalue weighted by Crippen LogP contribution is -2.29. The van der Waals surface area contributed by atoms with Gasteiger partial charge in [0.05, 0.1) is 6.54 Å². The van der Waals surface area contributed by atoms with Crippen LogP contribution in [0, 0.1) is 0 Å². The monoisotopic (exact) mass is 240 g/mol. The molecule has 1 amide bonds. The van der Waals surface area contributed by atoms with Crippen molar-refractivity contribution < 1.29 is 9.59 Å². The third-order valence-corrected chi connectivity index (χ3v) is 2.45. The van der Waals surface area contributed by atoms with E-state index in [0.29, 0.717) is 11.1 Å². The average Bonchev–Trinajstić information content (AvgIpc) is 2.46. The van der Waals surface area contributed by atoms with Crippen LogP contribution >= 0.6 is 0 Å². The van der Waals surface area contributed by atoms with E-state index in [9.17, 15) is 9.59 Å². The summed E-state index contributed by atoms with van der Waals surface area (Å²) in [5.41, 5.74) is 1.08. The van der Waals surface area contributed by atoms with Crippen LogP contribution in [0.3, 0.4) is 0 Å². The number of hydrogen-bond acceptors (Lipinski definition) is 3. The van der Waals surface area contributed by atoms with Crippen LogP contribution < -0.4 is 5.32 Å². The van der Waals surface area contributed by atoms with Gasteiger partial charge in [0.1, 0.15) is 0 Å². The van der Waals surface area contributed by atoms with Crippen molar-refractivity contribution in [1.29, 1.82) is 0 Å². The lowest BCUT2D eigenvalue weighted by molar-refractivity contribution is 0.0904. The number of aromatic nitrogens is 1. The first-order chi connectivity index (χ1) is 8.77. The van der Waals surface area contributed by atoms with Crippen LogP contribution in [0.2, 0.25) is 0 Å². The van der Waals surface area contributed by atoms with Gasteiger partial charge in [-0.05, 0) is 12.1 Å². The fourth-order valence-corrected chi connectivity index (χ4v) is 1.49. The Morgan fingerprint density at radius 1 is 0.944 bits per heavy atom. The standard InChI is InChI=1S/C14H12N2O2/c17-13(11-4-2-1-3-5-11)10-16-14(18)12-6-8-15-9-7-12/h1-9H,10H2,(H,16,18). The Morgan fingerprint density at radius 2 is 1.61 bits per heavy atom. The van der Waals surface area contributed by atoms with Gasteiger partial charge in [0, 0.05) is 23.5 Å². The SMILES string of the molecule is O=C(CNC(=O)c1ccncc1)c1ccccc1. The van der Waals surface area contributed by atoms with E-state index >= 15 is 0 Å². The molecule has 0 aliphatic heterocycles. The fourth-order valence-electron chi connectivity index (χ4n) is 1.49. The van der Waals surface area contributed by atoms with Crippen molar-refractivity contribution in [2.24, 2.45) is 0 Å². The average molecular weight is 240 g/mol. The van der Waals surface area contributed by atoms with Gasteiger partial charge in [-0.3, -0.25) is 14.6 Å². The number of pyridine rings is 1. The Labute approximate surface area is 105 Å². The van der Waals surface area contributed by atoms with Crippen LogP contribution in [0.15, 0.2) is 54.9 Å². The smallest absolute Gasteiger partial charge is 0.251 e. The summed E-state index contributed by atoms with van der Waals surface area (Å²) >= 11 is 0. The second kappa shape index (κ2) is 5.72. The zero-order chi connectivity index (χ0) is 12.8. The Balaban J connectivity index is 1.93. The topological polar surface area (TPSA) is 59.1 Å². The summed E-state index contributed by atoms with van der Waals surface area (Å²) in [7, 11) is 0. The number of hydrogen-bond donors (Lipinski definition) is 1. The Kier molecular flexibility index (Phi) is 3.81. The minimum absolute atomic E-state index is 0.00876. The third kappa shape index (κ3) is 3.01. The molecule has 0 saturated carbocycles. The summed E-state index contributed by atoms with van der Waals surface area (Å²) in [4.78, 5) is 27.3. The van der Waals surface area contributed by atoms with Gasteiger partial charge in [-0.2, -0.15) is 0 Å². The van der Waals surface area contributed by atoms with Crippen molar-refractivity contribution in [1.82, 2.24) is 10.3 Å². The molecule has 2 aromatic rings. The van der Waals surface area contributed by atoms with Gasteiger partial charge in [-0.1, -0.05) is 30.3 Å². The summed E-state index contributed by atoms with van der Waals surface area (Å²) in [5, 5.41) is 2.58. The molecule has 0 aliphatic carbocycles. The molecule has 18 heavy (non-hydrogen) atoms. The molecule has 4 heteroatoms. The summed E-state index contributed by atoms with van der Waals surface area (Å²) in [5.74, 6) is -0.389. The van der Waals surface area contributed by atoms with Gasteiger partial charge in [0.2, 0.25) is 0 Å². The molecule has 0 fully saturated rings. The molecule has 0 saturated heterocycles. The molecule has 0 aliphatic rings. The number of carbonyl (C=O) groups excluding carboxylic acids is 2. The molecule has 0 radical (unpaired) electrons. The van der Waals surface area contributed by atoms with Crippen LogP contribution in [-0.4, -0.2) is 23.2 Å². The van der Waals surface area contributed by atoms with E-state index in [1.54, 1.807) is 36.4 Å². The van der Waals surface area contributed by atoms with E-state index in [4.69, 9.17) is 0 Å². The highest BCUT2D eigenvalue weighted by molar-refractivity contribution is 6.02. The largest absolute Gasteiger partial charge is 0.345 e. The van der Waals surface area contributed by atoms with Crippen LogP contribution in [0.5, 0.6) is 0 Å². The van der Waals surface area contributed by atoms with E-state index < -0.39 is 0 Å². The number of nitrogens with zero attached hydrogens (tertiary/aromatic N) is 1. The summed E-state index contributed by atoms with van der Waals surface area (Å²) < 4.78 is 0. The van der Waals surface area contributed by atoms with Crippen molar-refractivity contribution in [3.8, 4) is 0 Å². The number of amides is 1. The zero-order valence-corrected chi connectivity index (χ0v) is 9.67. The van der Waals surface area contributed by atoms with Gasteiger partial charge >= 0.3 is 0 Å². The second-order valence-electron chi connectivity index (χ2n) is 3.71. The summed E-state index contributed by atoms with van der Waals surface area (Å²) in [6.45, 7) is -0.00876. The normalized spacial score (nSPS) is 9.78. The molecule has 0 bridgehead atoms. The lowest BCUT2D eigenvalue weighted by atomic mass is 10.1. The number of benzene rings is 1. The van der Waals surface area contributed by atoms with Crippen molar-refractivity contribution >= 4 is 11.7 Å². The van der Waals surface area contributed by atoms with Crippen molar-refractivity contribution in [2.45, 2.75) is 0 Å². The third-order valence-electron chi connectivity index (χ3n) is 2.45. The molecule has 0 unspecified atom stereocenters. The fraction of sp³-hybridized carbons (Fsp3) is 0.0714. The molecule has 4 nitrogen and oxygen atoms in total. The van der Waals surface area contributed by atoms with Crippen LogP contribution in [0.4, 0.5) is 0 Å². The molecule has 0 spiro atoms. The van der Waals surface area contributed by atoms with Gasteiger partial charge in [-0.15, -0.1) is 0 Å². The quantitative estimate of drug-likeness (QED) is 0.827. The van der Waals surface area contributed by atoms with Crippen molar-refractivity contribution in [2.75, 3.05) is 6.54 Å². The maximum Gasteiger partial charge on any atom is 0.251 e. The maximum absolute atomic E-state index is 11.8. The summed E-state index contributed by atoms with van der Waals surface area (Å²) in [6, 6.07) is 12.1. The molecule has 1 heterocycles. The van der Waals surface area contributed by atoms with Crippen LogP contribution in [-0.2, 0) is 0 Å². The molecule has 1 N–H and O–H groups in total. The lowest BCUT2D eigenvalue weighted by Gasteiger charge is -2.04. The van der Waals surface area contributed by atoms with E-state index in [0.717, 1.165) is 0 Å². The number of rotatable bonds is 4. The highest BCUT2D eigenvalue weighted by Crippen LogP contribution is 2.00. The maximum atomic E-state index is 11.8. The van der Waals surface area contributed by atoms with Gasteiger partial charge in [-0.25, -0.2) is 0 Å².